The topological polar surface area (TPSA) is 93.7 Å². The Morgan fingerprint density at radius 3 is 2.32 bits per heavy atom. The summed E-state index contributed by atoms with van der Waals surface area (Å²) in [4.78, 5) is 35.5. The van der Waals surface area contributed by atoms with Crippen molar-refractivity contribution in [1.82, 2.24) is 5.32 Å². The van der Waals surface area contributed by atoms with E-state index in [0.717, 1.165) is 12.8 Å². The summed E-state index contributed by atoms with van der Waals surface area (Å²) >= 11 is 0. The molecule has 0 aromatic heterocycles. The van der Waals surface area contributed by atoms with Gasteiger partial charge in [-0.05, 0) is 42.8 Å². The molecule has 28 heavy (non-hydrogen) atoms. The lowest BCUT2D eigenvalue weighted by Crippen LogP contribution is -2.35. The van der Waals surface area contributed by atoms with Crippen LogP contribution in [0.1, 0.15) is 30.1 Å². The van der Waals surface area contributed by atoms with Crippen LogP contribution in [0.25, 0.3) is 0 Å². The molecule has 0 saturated heterocycles. The number of hydrogen-bond donors (Lipinski definition) is 2. The molecule has 0 fully saturated rings. The van der Waals surface area contributed by atoms with Gasteiger partial charge >= 0.3 is 5.97 Å². The third-order valence-corrected chi connectivity index (χ3v) is 3.69. The third kappa shape index (κ3) is 7.49. The summed E-state index contributed by atoms with van der Waals surface area (Å²) in [5, 5.41) is 5.12. The van der Waals surface area contributed by atoms with Crippen LogP contribution in [0.5, 0.6) is 5.75 Å². The van der Waals surface area contributed by atoms with Gasteiger partial charge in [-0.15, -0.1) is 0 Å². The van der Waals surface area contributed by atoms with Crippen molar-refractivity contribution in [2.45, 2.75) is 19.8 Å². The number of carbonyl (C=O) groups excluding carboxylic acids is 3. The zero-order chi connectivity index (χ0) is 20.2. The molecule has 7 nitrogen and oxygen atoms in total. The second-order valence-corrected chi connectivity index (χ2v) is 5.99. The Hall–Kier alpha value is -3.35. The first-order chi connectivity index (χ1) is 13.6. The smallest absolute Gasteiger partial charge is 0.338 e. The van der Waals surface area contributed by atoms with Gasteiger partial charge in [-0.3, -0.25) is 9.59 Å². The largest absolute Gasteiger partial charge is 0.484 e. The zero-order valence-electron chi connectivity index (χ0n) is 15.8. The lowest BCUT2D eigenvalue weighted by Gasteiger charge is -2.09. The Morgan fingerprint density at radius 2 is 1.64 bits per heavy atom. The fourth-order valence-corrected chi connectivity index (χ4v) is 2.18. The van der Waals surface area contributed by atoms with Crippen molar-refractivity contribution in [3.63, 3.8) is 0 Å². The molecule has 0 aliphatic heterocycles. The first-order valence-electron chi connectivity index (χ1n) is 9.10. The van der Waals surface area contributed by atoms with E-state index < -0.39 is 11.9 Å². The molecule has 7 heteroatoms. The van der Waals surface area contributed by atoms with E-state index in [0.29, 0.717) is 23.6 Å². The molecule has 2 N–H and O–H groups in total. The Bertz CT molecular complexity index is 775. The van der Waals surface area contributed by atoms with Crippen LogP contribution in [-0.2, 0) is 14.3 Å². The number of benzene rings is 2. The first-order valence-corrected chi connectivity index (χ1v) is 9.10. The number of ether oxygens (including phenoxy) is 2. The molecule has 148 valence electrons. The number of hydrogen-bond acceptors (Lipinski definition) is 5. The normalized spacial score (nSPS) is 10.0. The van der Waals surface area contributed by atoms with Gasteiger partial charge in [0.2, 0.25) is 5.91 Å². The van der Waals surface area contributed by atoms with Gasteiger partial charge in [0.15, 0.2) is 6.61 Å². The quantitative estimate of drug-likeness (QED) is 0.485. The fourth-order valence-electron chi connectivity index (χ4n) is 2.18. The molecule has 0 radical (unpaired) electrons. The van der Waals surface area contributed by atoms with Crippen molar-refractivity contribution in [2.75, 3.05) is 25.1 Å². The number of carbonyl (C=O) groups is 3. The van der Waals surface area contributed by atoms with E-state index in [-0.39, 0.29) is 19.1 Å². The summed E-state index contributed by atoms with van der Waals surface area (Å²) in [6.07, 6.45) is 1.77. The zero-order valence-corrected chi connectivity index (χ0v) is 15.8. The maximum absolute atomic E-state index is 11.9. The number of para-hydroxylation sites is 1. The van der Waals surface area contributed by atoms with E-state index in [1.54, 1.807) is 48.5 Å². The Morgan fingerprint density at radius 1 is 0.929 bits per heavy atom. The average Bonchev–Trinajstić information content (AvgIpc) is 2.72. The molecule has 0 atom stereocenters. The van der Waals surface area contributed by atoms with Crippen molar-refractivity contribution < 1.29 is 23.9 Å². The van der Waals surface area contributed by atoms with Crippen LogP contribution in [0.4, 0.5) is 5.69 Å². The highest BCUT2D eigenvalue weighted by Gasteiger charge is 2.09. The summed E-state index contributed by atoms with van der Waals surface area (Å²) in [5.74, 6) is -0.595. The Balaban J connectivity index is 1.70. The molecule has 2 aromatic rings. The van der Waals surface area contributed by atoms with Gasteiger partial charge in [-0.25, -0.2) is 4.79 Å². The van der Waals surface area contributed by atoms with Crippen molar-refractivity contribution in [3.8, 4) is 5.75 Å². The van der Waals surface area contributed by atoms with Crippen LogP contribution >= 0.6 is 0 Å². The highest BCUT2D eigenvalue weighted by Crippen LogP contribution is 2.11. The molecule has 0 bridgehead atoms. The van der Waals surface area contributed by atoms with E-state index in [1.165, 1.54) is 0 Å². The molecule has 2 amide bonds. The minimum absolute atomic E-state index is 0.174. The predicted molar refractivity (Wildman–Crippen MR) is 105 cm³/mol. The molecule has 0 saturated carbocycles. The highest BCUT2D eigenvalue weighted by atomic mass is 16.5. The van der Waals surface area contributed by atoms with Crippen molar-refractivity contribution in [3.05, 3.63) is 60.2 Å². The first kappa shape index (κ1) is 21.0. The minimum atomic E-state index is -0.399. The Kier molecular flexibility index (Phi) is 8.52. The lowest BCUT2D eigenvalue weighted by molar-refractivity contribution is -0.125. The van der Waals surface area contributed by atoms with E-state index in [9.17, 15) is 14.4 Å². The maximum atomic E-state index is 11.9. The van der Waals surface area contributed by atoms with E-state index in [1.807, 2.05) is 13.0 Å². The molecular weight excluding hydrogens is 360 g/mol. The number of rotatable bonds is 10. The number of amides is 2. The fraction of sp³-hybridized carbons (Fsp3) is 0.286. The molecule has 2 rings (SSSR count). The summed E-state index contributed by atoms with van der Waals surface area (Å²) in [6.45, 7) is 2.05. The lowest BCUT2D eigenvalue weighted by atomic mass is 10.2. The van der Waals surface area contributed by atoms with Gasteiger partial charge in [0, 0.05) is 5.69 Å². The van der Waals surface area contributed by atoms with Crippen LogP contribution in [0.2, 0.25) is 0 Å². The van der Waals surface area contributed by atoms with E-state index in [4.69, 9.17) is 9.47 Å². The maximum Gasteiger partial charge on any atom is 0.338 e. The van der Waals surface area contributed by atoms with E-state index in [2.05, 4.69) is 10.6 Å². The molecule has 0 spiro atoms. The second kappa shape index (κ2) is 11.4. The predicted octanol–water partition coefficient (Wildman–Crippen LogP) is 2.78. The van der Waals surface area contributed by atoms with Crippen LogP contribution in [0.15, 0.2) is 54.6 Å². The van der Waals surface area contributed by atoms with Gasteiger partial charge in [0.25, 0.3) is 5.91 Å². The van der Waals surface area contributed by atoms with Crippen LogP contribution in [0.3, 0.4) is 0 Å². The van der Waals surface area contributed by atoms with Crippen molar-refractivity contribution >= 4 is 23.5 Å². The molecule has 0 aliphatic carbocycles. The van der Waals surface area contributed by atoms with E-state index >= 15 is 0 Å². The molecule has 0 aliphatic rings. The SMILES string of the molecule is CCCCOC(=O)c1ccc(NC(=O)CNC(=O)COc2ccccc2)cc1. The number of unbranched alkanes of at least 4 members (excludes halogenated alkanes) is 1. The standard InChI is InChI=1S/C21H24N2O5/c1-2-3-13-27-21(26)16-9-11-17(12-10-16)23-19(24)14-22-20(25)15-28-18-7-5-4-6-8-18/h4-12H,2-3,13-15H2,1H3,(H,22,25)(H,23,24). The van der Waals surface area contributed by atoms with Gasteiger partial charge in [0.05, 0.1) is 18.7 Å². The van der Waals surface area contributed by atoms with Gasteiger partial charge in [-0.1, -0.05) is 31.5 Å². The number of anilines is 1. The Labute approximate surface area is 164 Å². The summed E-state index contributed by atoms with van der Waals surface area (Å²) in [6, 6.07) is 15.3. The van der Waals surface area contributed by atoms with Crippen LogP contribution in [0, 0.1) is 0 Å². The second-order valence-electron chi connectivity index (χ2n) is 5.99. The third-order valence-electron chi connectivity index (χ3n) is 3.69. The summed E-state index contributed by atoms with van der Waals surface area (Å²) in [7, 11) is 0. The molecular formula is C21H24N2O5. The minimum Gasteiger partial charge on any atom is -0.484 e. The number of nitrogens with one attached hydrogen (secondary N) is 2. The number of esters is 1. The summed E-state index contributed by atoms with van der Waals surface area (Å²) < 4.78 is 10.4. The molecule has 0 heterocycles. The molecule has 2 aromatic carbocycles. The molecule has 0 unspecified atom stereocenters. The van der Waals surface area contributed by atoms with Crippen molar-refractivity contribution in [2.24, 2.45) is 0 Å². The van der Waals surface area contributed by atoms with Crippen LogP contribution < -0.4 is 15.4 Å². The van der Waals surface area contributed by atoms with Crippen molar-refractivity contribution in [1.29, 1.82) is 0 Å². The van der Waals surface area contributed by atoms with Crippen LogP contribution in [-0.4, -0.2) is 37.5 Å². The van der Waals surface area contributed by atoms with Gasteiger partial charge in [0.1, 0.15) is 5.75 Å². The highest BCUT2D eigenvalue weighted by molar-refractivity contribution is 5.95. The monoisotopic (exact) mass is 384 g/mol. The van der Waals surface area contributed by atoms with Gasteiger partial charge in [-0.2, -0.15) is 0 Å². The average molecular weight is 384 g/mol. The summed E-state index contributed by atoms with van der Waals surface area (Å²) in [5.41, 5.74) is 0.936. The van der Waals surface area contributed by atoms with Gasteiger partial charge < -0.3 is 20.1 Å².